The lowest BCUT2D eigenvalue weighted by molar-refractivity contribution is 0.0716. The van der Waals surface area contributed by atoms with Crippen molar-refractivity contribution in [2.24, 2.45) is 0 Å². The molecule has 1 aliphatic rings. The van der Waals surface area contributed by atoms with Crippen molar-refractivity contribution in [3.8, 4) is 0 Å². The minimum absolute atomic E-state index is 0.00424. The second-order valence-electron chi connectivity index (χ2n) is 6.82. The fourth-order valence-corrected chi connectivity index (χ4v) is 3.33. The molecular formula is C21H27N3O2. The molecule has 5 heteroatoms. The molecular weight excluding hydrogens is 326 g/mol. The highest BCUT2D eigenvalue weighted by molar-refractivity contribution is 5.95. The lowest BCUT2D eigenvalue weighted by atomic mass is 10.1. The molecule has 0 spiro atoms. The highest BCUT2D eigenvalue weighted by atomic mass is 16.2. The van der Waals surface area contributed by atoms with Gasteiger partial charge in [-0.1, -0.05) is 25.5 Å². The molecule has 0 bridgehead atoms. The third kappa shape index (κ3) is 4.34. The fourth-order valence-electron chi connectivity index (χ4n) is 3.33. The zero-order valence-corrected chi connectivity index (χ0v) is 15.4. The van der Waals surface area contributed by atoms with Crippen LogP contribution in [-0.4, -0.2) is 52.8 Å². The van der Waals surface area contributed by atoms with Crippen LogP contribution in [0, 0.1) is 0 Å². The van der Waals surface area contributed by atoms with Gasteiger partial charge in [-0.25, -0.2) is 0 Å². The molecule has 2 amide bonds. The fraction of sp³-hybridized carbons (Fsp3) is 0.429. The maximum Gasteiger partial charge on any atom is 0.270 e. The van der Waals surface area contributed by atoms with E-state index in [0.717, 1.165) is 18.4 Å². The van der Waals surface area contributed by atoms with Crippen molar-refractivity contribution in [3.63, 3.8) is 0 Å². The van der Waals surface area contributed by atoms with E-state index in [9.17, 15) is 9.59 Å². The molecule has 1 fully saturated rings. The topological polar surface area (TPSA) is 56.4 Å². The molecule has 5 nitrogen and oxygen atoms in total. The Balaban J connectivity index is 1.59. The second kappa shape index (κ2) is 8.70. The van der Waals surface area contributed by atoms with Crippen molar-refractivity contribution >= 4 is 11.8 Å². The molecule has 1 aliphatic heterocycles. The predicted molar refractivity (Wildman–Crippen MR) is 102 cm³/mol. The summed E-state index contributed by atoms with van der Waals surface area (Å²) in [6.45, 7) is 4.69. The predicted octanol–water partition coefficient (Wildman–Crippen LogP) is 3.35. The number of H-pyrrole nitrogens is 1. The van der Waals surface area contributed by atoms with Crippen LogP contribution in [0.4, 0.5) is 0 Å². The van der Waals surface area contributed by atoms with Crippen LogP contribution in [-0.2, 0) is 6.42 Å². The quantitative estimate of drug-likeness (QED) is 0.896. The number of benzene rings is 1. The first-order valence-electron chi connectivity index (χ1n) is 9.50. The van der Waals surface area contributed by atoms with Gasteiger partial charge in [0.2, 0.25) is 0 Å². The number of nitrogens with one attached hydrogen (secondary N) is 1. The number of carbonyl (C=O) groups is 2. The monoisotopic (exact) mass is 353 g/mol. The van der Waals surface area contributed by atoms with Crippen molar-refractivity contribution in [1.82, 2.24) is 14.8 Å². The zero-order chi connectivity index (χ0) is 18.4. The molecule has 0 saturated carbocycles. The summed E-state index contributed by atoms with van der Waals surface area (Å²) in [5, 5.41) is 0. The molecule has 1 N–H and O–H groups in total. The van der Waals surface area contributed by atoms with Gasteiger partial charge in [-0.15, -0.1) is 0 Å². The SMILES string of the molecule is CCCCc1ccc(C(=O)N2CCCN(C(=O)c3ccc[nH]3)CC2)cc1. The molecule has 1 aromatic heterocycles. The summed E-state index contributed by atoms with van der Waals surface area (Å²) < 4.78 is 0. The van der Waals surface area contributed by atoms with Gasteiger partial charge in [-0.2, -0.15) is 0 Å². The maximum atomic E-state index is 12.8. The summed E-state index contributed by atoms with van der Waals surface area (Å²) in [7, 11) is 0. The summed E-state index contributed by atoms with van der Waals surface area (Å²) in [5.74, 6) is 0.0609. The van der Waals surface area contributed by atoms with E-state index < -0.39 is 0 Å². The minimum atomic E-state index is 0.00424. The summed E-state index contributed by atoms with van der Waals surface area (Å²) in [5.41, 5.74) is 2.61. The van der Waals surface area contributed by atoms with E-state index in [1.54, 1.807) is 12.3 Å². The number of amides is 2. The summed E-state index contributed by atoms with van der Waals surface area (Å²) in [6.07, 6.45) is 5.96. The first-order chi connectivity index (χ1) is 12.7. The van der Waals surface area contributed by atoms with E-state index in [1.165, 1.54) is 18.4 Å². The Kier molecular flexibility index (Phi) is 6.10. The van der Waals surface area contributed by atoms with E-state index in [2.05, 4.69) is 24.0 Å². The lowest BCUT2D eigenvalue weighted by Gasteiger charge is -2.22. The number of aromatic amines is 1. The van der Waals surface area contributed by atoms with Crippen LogP contribution in [0.1, 0.15) is 52.6 Å². The third-order valence-electron chi connectivity index (χ3n) is 4.92. The Morgan fingerprint density at radius 1 is 0.962 bits per heavy atom. The first-order valence-corrected chi connectivity index (χ1v) is 9.50. The van der Waals surface area contributed by atoms with Crippen LogP contribution in [0.2, 0.25) is 0 Å². The first kappa shape index (κ1) is 18.2. The number of aromatic nitrogens is 1. The van der Waals surface area contributed by atoms with Gasteiger partial charge in [0.25, 0.3) is 11.8 Å². The van der Waals surface area contributed by atoms with Crippen molar-refractivity contribution < 1.29 is 9.59 Å². The number of hydrogen-bond acceptors (Lipinski definition) is 2. The lowest BCUT2D eigenvalue weighted by Crippen LogP contribution is -2.37. The Labute approximate surface area is 155 Å². The molecule has 0 atom stereocenters. The normalized spacial score (nSPS) is 15.0. The molecule has 0 unspecified atom stereocenters. The smallest absolute Gasteiger partial charge is 0.270 e. The molecule has 2 aromatic rings. The van der Waals surface area contributed by atoms with Gasteiger partial charge >= 0.3 is 0 Å². The van der Waals surface area contributed by atoms with Gasteiger partial charge in [0.15, 0.2) is 0 Å². The second-order valence-corrected chi connectivity index (χ2v) is 6.82. The molecule has 138 valence electrons. The average molecular weight is 353 g/mol. The number of rotatable bonds is 5. The van der Waals surface area contributed by atoms with E-state index in [1.807, 2.05) is 28.0 Å². The van der Waals surface area contributed by atoms with Crippen LogP contribution in [0.25, 0.3) is 0 Å². The standard InChI is InChI=1S/C21H27N3O2/c1-2-3-6-17-8-10-18(11-9-17)20(25)23-13-5-14-24(16-15-23)21(26)19-7-4-12-22-19/h4,7-12,22H,2-3,5-6,13-16H2,1H3. The number of aryl methyl sites for hydroxylation is 1. The molecule has 0 radical (unpaired) electrons. The molecule has 1 saturated heterocycles. The maximum absolute atomic E-state index is 12.8. The van der Waals surface area contributed by atoms with Gasteiger partial charge < -0.3 is 14.8 Å². The number of unbranched alkanes of at least 4 members (excludes halogenated alkanes) is 1. The van der Waals surface area contributed by atoms with Crippen molar-refractivity contribution in [2.45, 2.75) is 32.6 Å². The average Bonchev–Trinajstić information content (AvgIpc) is 3.10. The van der Waals surface area contributed by atoms with Crippen LogP contribution in [0.5, 0.6) is 0 Å². The molecule has 2 heterocycles. The Hall–Kier alpha value is -2.56. The third-order valence-corrected chi connectivity index (χ3v) is 4.92. The van der Waals surface area contributed by atoms with Crippen LogP contribution < -0.4 is 0 Å². The molecule has 26 heavy (non-hydrogen) atoms. The van der Waals surface area contributed by atoms with Crippen molar-refractivity contribution in [3.05, 3.63) is 59.4 Å². The Morgan fingerprint density at radius 3 is 2.27 bits per heavy atom. The van der Waals surface area contributed by atoms with Gasteiger partial charge in [0, 0.05) is 37.9 Å². The van der Waals surface area contributed by atoms with E-state index in [-0.39, 0.29) is 11.8 Å². The highest BCUT2D eigenvalue weighted by Crippen LogP contribution is 2.13. The van der Waals surface area contributed by atoms with E-state index in [4.69, 9.17) is 0 Å². The van der Waals surface area contributed by atoms with Gasteiger partial charge in [0.1, 0.15) is 5.69 Å². The van der Waals surface area contributed by atoms with Crippen molar-refractivity contribution in [1.29, 1.82) is 0 Å². The van der Waals surface area contributed by atoms with Gasteiger partial charge in [0.05, 0.1) is 0 Å². The van der Waals surface area contributed by atoms with Crippen LogP contribution in [0.3, 0.4) is 0 Å². The van der Waals surface area contributed by atoms with Gasteiger partial charge in [-0.3, -0.25) is 9.59 Å². The summed E-state index contributed by atoms with van der Waals surface area (Å²) in [6, 6.07) is 11.6. The summed E-state index contributed by atoms with van der Waals surface area (Å²) >= 11 is 0. The molecule has 3 rings (SSSR count). The number of nitrogens with zero attached hydrogens (tertiary/aromatic N) is 2. The van der Waals surface area contributed by atoms with E-state index in [0.29, 0.717) is 31.9 Å². The molecule has 1 aromatic carbocycles. The Bertz CT molecular complexity index is 722. The van der Waals surface area contributed by atoms with Gasteiger partial charge in [-0.05, 0) is 49.1 Å². The highest BCUT2D eigenvalue weighted by Gasteiger charge is 2.23. The minimum Gasteiger partial charge on any atom is -0.357 e. The largest absolute Gasteiger partial charge is 0.357 e. The van der Waals surface area contributed by atoms with Crippen LogP contribution >= 0.6 is 0 Å². The molecule has 0 aliphatic carbocycles. The van der Waals surface area contributed by atoms with Crippen LogP contribution in [0.15, 0.2) is 42.6 Å². The summed E-state index contributed by atoms with van der Waals surface area (Å²) in [4.78, 5) is 31.9. The van der Waals surface area contributed by atoms with Crippen molar-refractivity contribution in [2.75, 3.05) is 26.2 Å². The number of hydrogen-bond donors (Lipinski definition) is 1. The van der Waals surface area contributed by atoms with E-state index >= 15 is 0 Å². The number of carbonyl (C=O) groups excluding carboxylic acids is 2. The zero-order valence-electron chi connectivity index (χ0n) is 15.4. The Morgan fingerprint density at radius 2 is 1.65 bits per heavy atom.